The third kappa shape index (κ3) is 1.86. The van der Waals surface area contributed by atoms with Gasteiger partial charge >= 0.3 is 0 Å². The molecule has 4 fully saturated rings. The van der Waals surface area contributed by atoms with E-state index >= 15 is 0 Å². The first-order valence-electron chi connectivity index (χ1n) is 8.55. The van der Waals surface area contributed by atoms with Gasteiger partial charge < -0.3 is 10.1 Å². The number of hydrogen-bond acceptors (Lipinski definition) is 3. The SMILES string of the molecule is N#C[C@]1(C(=O)N[C@@H]2CCC[C@H]3OCC[C@@H]23)CC12CCCC2. The number of ether oxygens (including phenoxy) is 1. The Bertz CT molecular complexity index is 492. The molecule has 1 amide bonds. The van der Waals surface area contributed by atoms with Gasteiger partial charge in [0.1, 0.15) is 5.41 Å². The van der Waals surface area contributed by atoms with Gasteiger partial charge in [-0.1, -0.05) is 12.8 Å². The van der Waals surface area contributed by atoms with Gasteiger partial charge in [-0.3, -0.25) is 4.79 Å². The van der Waals surface area contributed by atoms with Crippen molar-refractivity contribution in [1.82, 2.24) is 5.32 Å². The van der Waals surface area contributed by atoms with Crippen LogP contribution in [0.4, 0.5) is 0 Å². The molecule has 3 aliphatic carbocycles. The zero-order valence-corrected chi connectivity index (χ0v) is 12.6. The van der Waals surface area contributed by atoms with Crippen molar-refractivity contribution < 1.29 is 9.53 Å². The highest BCUT2D eigenvalue weighted by Crippen LogP contribution is 2.71. The minimum atomic E-state index is -0.712. The Kier molecular flexibility index (Phi) is 3.04. The van der Waals surface area contributed by atoms with Crippen LogP contribution in [-0.4, -0.2) is 24.7 Å². The molecule has 4 rings (SSSR count). The van der Waals surface area contributed by atoms with Gasteiger partial charge in [0.15, 0.2) is 0 Å². The van der Waals surface area contributed by atoms with Gasteiger partial charge in [-0.15, -0.1) is 0 Å². The first kappa shape index (κ1) is 13.6. The third-order valence-corrected chi connectivity index (χ3v) is 6.62. The number of fused-ring (bicyclic) bond motifs is 1. The van der Waals surface area contributed by atoms with E-state index in [9.17, 15) is 10.1 Å². The number of hydrogen-bond donors (Lipinski definition) is 1. The van der Waals surface area contributed by atoms with Crippen LogP contribution >= 0.6 is 0 Å². The van der Waals surface area contributed by atoms with Gasteiger partial charge in [0.05, 0.1) is 12.2 Å². The van der Waals surface area contributed by atoms with Gasteiger partial charge in [0, 0.05) is 24.0 Å². The third-order valence-electron chi connectivity index (χ3n) is 6.62. The van der Waals surface area contributed by atoms with Gasteiger partial charge in [0.2, 0.25) is 5.91 Å². The second-order valence-electron chi connectivity index (χ2n) is 7.55. The van der Waals surface area contributed by atoms with Crippen molar-refractivity contribution in [2.24, 2.45) is 16.7 Å². The topological polar surface area (TPSA) is 62.1 Å². The first-order valence-corrected chi connectivity index (χ1v) is 8.55. The Morgan fingerprint density at radius 2 is 2.00 bits per heavy atom. The van der Waals surface area contributed by atoms with E-state index in [1.807, 2.05) is 0 Å². The summed E-state index contributed by atoms with van der Waals surface area (Å²) in [7, 11) is 0. The standard InChI is InChI=1S/C17H24N2O2/c18-11-17(10-16(17)7-1-2-8-16)15(20)19-13-4-3-5-14-12(13)6-9-21-14/h12-14H,1-10H2,(H,19,20)/t12-,13+,14+,17-/m0/s1. The summed E-state index contributed by atoms with van der Waals surface area (Å²) in [6.07, 6.45) is 9.96. The van der Waals surface area contributed by atoms with Crippen molar-refractivity contribution in [3.8, 4) is 6.07 Å². The van der Waals surface area contributed by atoms with E-state index in [2.05, 4.69) is 11.4 Å². The molecule has 4 atom stereocenters. The zero-order chi connectivity index (χ0) is 14.5. The largest absolute Gasteiger partial charge is 0.378 e. The van der Waals surface area contributed by atoms with Crippen LogP contribution in [0.5, 0.6) is 0 Å². The summed E-state index contributed by atoms with van der Waals surface area (Å²) >= 11 is 0. The van der Waals surface area contributed by atoms with Crippen LogP contribution in [0, 0.1) is 28.1 Å². The highest BCUT2D eigenvalue weighted by Gasteiger charge is 2.73. The van der Waals surface area contributed by atoms with Crippen molar-refractivity contribution in [2.45, 2.75) is 69.9 Å². The van der Waals surface area contributed by atoms with Crippen LogP contribution in [0.25, 0.3) is 0 Å². The van der Waals surface area contributed by atoms with Crippen molar-refractivity contribution in [1.29, 1.82) is 5.26 Å². The van der Waals surface area contributed by atoms with Crippen LogP contribution in [0.15, 0.2) is 0 Å². The van der Waals surface area contributed by atoms with Crippen LogP contribution in [0.2, 0.25) is 0 Å². The zero-order valence-electron chi connectivity index (χ0n) is 12.6. The molecule has 1 N–H and O–H groups in total. The average Bonchev–Trinajstić information content (AvgIpc) is 2.87. The summed E-state index contributed by atoms with van der Waals surface area (Å²) in [4.78, 5) is 12.8. The molecule has 3 saturated carbocycles. The second-order valence-corrected chi connectivity index (χ2v) is 7.55. The number of nitrogens with zero attached hydrogens (tertiary/aromatic N) is 1. The molecule has 0 unspecified atom stereocenters. The molecular formula is C17H24N2O2. The maximum absolute atomic E-state index is 12.8. The van der Waals surface area contributed by atoms with Crippen LogP contribution in [0.3, 0.4) is 0 Å². The van der Waals surface area contributed by atoms with E-state index in [1.54, 1.807) is 0 Å². The predicted octanol–water partition coefficient (Wildman–Crippen LogP) is 2.53. The Morgan fingerprint density at radius 3 is 2.76 bits per heavy atom. The molecule has 4 nitrogen and oxygen atoms in total. The average molecular weight is 288 g/mol. The van der Waals surface area contributed by atoms with E-state index in [-0.39, 0.29) is 17.4 Å². The van der Waals surface area contributed by atoms with Gasteiger partial charge in [-0.25, -0.2) is 0 Å². The second kappa shape index (κ2) is 4.71. The van der Waals surface area contributed by atoms with Gasteiger partial charge in [-0.2, -0.15) is 5.26 Å². The minimum absolute atomic E-state index is 0.0180. The van der Waals surface area contributed by atoms with Crippen LogP contribution < -0.4 is 5.32 Å². The Balaban J connectivity index is 1.47. The fourth-order valence-electron chi connectivity index (χ4n) is 5.30. The molecule has 21 heavy (non-hydrogen) atoms. The highest BCUT2D eigenvalue weighted by molar-refractivity contribution is 5.90. The van der Waals surface area contributed by atoms with Crippen LogP contribution in [-0.2, 0) is 9.53 Å². The smallest absolute Gasteiger partial charge is 0.241 e. The monoisotopic (exact) mass is 288 g/mol. The molecule has 4 aliphatic rings. The molecule has 0 aromatic rings. The molecular weight excluding hydrogens is 264 g/mol. The predicted molar refractivity (Wildman–Crippen MR) is 77.2 cm³/mol. The molecule has 1 aliphatic heterocycles. The summed E-state index contributed by atoms with van der Waals surface area (Å²) in [6.45, 7) is 0.828. The summed E-state index contributed by atoms with van der Waals surface area (Å²) in [5, 5.41) is 12.9. The number of nitriles is 1. The van der Waals surface area contributed by atoms with E-state index in [1.165, 1.54) is 12.8 Å². The number of carbonyl (C=O) groups excluding carboxylic acids is 1. The van der Waals surface area contributed by atoms with Crippen molar-refractivity contribution in [3.05, 3.63) is 0 Å². The first-order chi connectivity index (χ1) is 10.2. The fraction of sp³-hybridized carbons (Fsp3) is 0.882. The fourth-order valence-corrected chi connectivity index (χ4v) is 5.30. The quantitative estimate of drug-likeness (QED) is 0.849. The molecule has 0 bridgehead atoms. The molecule has 0 radical (unpaired) electrons. The maximum atomic E-state index is 12.8. The lowest BCUT2D eigenvalue weighted by atomic mass is 9.81. The van der Waals surface area contributed by atoms with Gasteiger partial charge in [0.25, 0.3) is 0 Å². The highest BCUT2D eigenvalue weighted by atomic mass is 16.5. The lowest BCUT2D eigenvalue weighted by molar-refractivity contribution is -0.127. The van der Waals surface area contributed by atoms with Crippen LogP contribution in [0.1, 0.15) is 57.8 Å². The molecule has 1 spiro atoms. The lowest BCUT2D eigenvalue weighted by Gasteiger charge is -2.34. The van der Waals surface area contributed by atoms with E-state index in [4.69, 9.17) is 4.74 Å². The van der Waals surface area contributed by atoms with Gasteiger partial charge in [-0.05, 0) is 44.9 Å². The molecule has 0 aromatic carbocycles. The Hall–Kier alpha value is -1.08. The summed E-state index contributed by atoms with van der Waals surface area (Å²) in [6, 6.07) is 2.62. The Labute approximate surface area is 126 Å². The molecule has 0 aromatic heterocycles. The molecule has 114 valence electrons. The van der Waals surface area contributed by atoms with Crippen molar-refractivity contribution in [2.75, 3.05) is 6.61 Å². The number of amides is 1. The summed E-state index contributed by atoms with van der Waals surface area (Å²) in [5.41, 5.74) is -0.692. The lowest BCUT2D eigenvalue weighted by Crippen LogP contribution is -2.48. The number of rotatable bonds is 2. The molecule has 1 saturated heterocycles. The summed E-state index contributed by atoms with van der Waals surface area (Å²) < 4.78 is 5.77. The van der Waals surface area contributed by atoms with E-state index < -0.39 is 5.41 Å². The Morgan fingerprint density at radius 1 is 1.19 bits per heavy atom. The molecule has 1 heterocycles. The van der Waals surface area contributed by atoms with Crippen molar-refractivity contribution >= 4 is 5.91 Å². The summed E-state index contributed by atoms with van der Waals surface area (Å²) in [5.74, 6) is 0.487. The molecule has 4 heteroatoms. The normalized spacial score (nSPS) is 43.3. The number of carbonyl (C=O) groups is 1. The van der Waals surface area contributed by atoms with E-state index in [0.29, 0.717) is 12.0 Å². The van der Waals surface area contributed by atoms with Crippen molar-refractivity contribution in [3.63, 3.8) is 0 Å². The minimum Gasteiger partial charge on any atom is -0.378 e. The van der Waals surface area contributed by atoms with E-state index in [0.717, 1.165) is 51.6 Å². The number of nitrogens with one attached hydrogen (secondary N) is 1. The maximum Gasteiger partial charge on any atom is 0.241 e.